The maximum absolute atomic E-state index is 14.1. The third-order valence-electron chi connectivity index (χ3n) is 5.36. The van der Waals surface area contributed by atoms with Crippen LogP contribution >= 0.6 is 7.82 Å². The largest absolute Gasteiger partial charge is 0.647 e. The van der Waals surface area contributed by atoms with Gasteiger partial charge in [-0.05, 0) is 66.5 Å². The van der Waals surface area contributed by atoms with Gasteiger partial charge in [0.05, 0.1) is 0 Å². The lowest BCUT2D eigenvalue weighted by Gasteiger charge is -2.22. The highest BCUT2D eigenvalue weighted by molar-refractivity contribution is 7.49. The Labute approximate surface area is 195 Å². The first-order valence-electron chi connectivity index (χ1n) is 11.1. The van der Waals surface area contributed by atoms with E-state index in [0.29, 0.717) is 23.2 Å². The van der Waals surface area contributed by atoms with Gasteiger partial charge in [-0.2, -0.15) is 4.57 Å². The number of para-hydroxylation sites is 1. The van der Waals surface area contributed by atoms with E-state index in [-0.39, 0.29) is 0 Å². The predicted octanol–water partition coefficient (Wildman–Crippen LogP) is 8.30. The van der Waals surface area contributed by atoms with Gasteiger partial charge in [0.2, 0.25) is 0 Å². The van der Waals surface area contributed by atoms with Crippen molar-refractivity contribution in [3.05, 3.63) is 102 Å². The number of hydrogen-bond donors (Lipinski definition) is 0. The molecule has 0 radical (unpaired) electrons. The zero-order valence-electron chi connectivity index (χ0n) is 19.4. The van der Waals surface area contributed by atoms with Gasteiger partial charge in [0.1, 0.15) is 17.2 Å². The quantitative estimate of drug-likeness (QED) is 0.248. The van der Waals surface area contributed by atoms with Crippen molar-refractivity contribution in [3.8, 4) is 17.2 Å². The van der Waals surface area contributed by atoms with Crippen molar-refractivity contribution in [1.29, 1.82) is 0 Å². The van der Waals surface area contributed by atoms with E-state index in [1.54, 1.807) is 6.07 Å². The van der Waals surface area contributed by atoms with Crippen LogP contribution in [0.1, 0.15) is 30.5 Å². The maximum Gasteiger partial charge on any atom is 0.647 e. The first-order chi connectivity index (χ1) is 15.8. The fourth-order valence-electron chi connectivity index (χ4n) is 3.79. The molecule has 0 fully saturated rings. The van der Waals surface area contributed by atoms with Crippen LogP contribution in [-0.2, 0) is 11.0 Å². The fourth-order valence-corrected chi connectivity index (χ4v) is 5.20. The third kappa shape index (κ3) is 5.58. The molecule has 0 saturated carbocycles. The standard InChI is InChI=1S/C28H29O4P/c1-20(2)19-23-15-17-25(18-16-23)30-33(29,32-28-21(3)9-7-10-22(28)4)31-27-14-8-12-24-11-5-6-13-26(24)27/h5-18,20H,19H2,1-4H3. The Morgan fingerprint density at radius 1 is 0.727 bits per heavy atom. The van der Waals surface area contributed by atoms with Crippen LogP contribution in [0.2, 0.25) is 0 Å². The number of fused-ring (bicyclic) bond motifs is 1. The summed E-state index contributed by atoms with van der Waals surface area (Å²) in [5.74, 6) is 1.92. The van der Waals surface area contributed by atoms with Crippen molar-refractivity contribution in [3.63, 3.8) is 0 Å². The molecule has 0 aliphatic heterocycles. The van der Waals surface area contributed by atoms with Gasteiger partial charge in [0.25, 0.3) is 0 Å². The van der Waals surface area contributed by atoms with E-state index in [0.717, 1.165) is 28.3 Å². The van der Waals surface area contributed by atoms with Gasteiger partial charge in [-0.25, -0.2) is 0 Å². The molecule has 33 heavy (non-hydrogen) atoms. The van der Waals surface area contributed by atoms with Gasteiger partial charge in [-0.15, -0.1) is 0 Å². The molecule has 170 valence electrons. The SMILES string of the molecule is Cc1cccc(C)c1OP(=O)(Oc1ccc(CC(C)C)cc1)Oc1cccc2ccccc12. The molecule has 1 unspecified atom stereocenters. The molecule has 0 heterocycles. The first-order valence-corrected chi connectivity index (χ1v) is 12.6. The summed E-state index contributed by atoms with van der Waals surface area (Å²) in [7, 11) is -4.09. The zero-order chi connectivity index (χ0) is 23.4. The Balaban J connectivity index is 1.71. The highest BCUT2D eigenvalue weighted by atomic mass is 31.2. The molecular weight excluding hydrogens is 431 g/mol. The van der Waals surface area contributed by atoms with Crippen molar-refractivity contribution >= 4 is 18.6 Å². The van der Waals surface area contributed by atoms with E-state index in [9.17, 15) is 4.57 Å². The summed E-state index contributed by atoms with van der Waals surface area (Å²) in [6.07, 6.45) is 0.962. The van der Waals surface area contributed by atoms with Gasteiger partial charge >= 0.3 is 7.82 Å². The van der Waals surface area contributed by atoms with Gasteiger partial charge in [-0.3, -0.25) is 0 Å². The van der Waals surface area contributed by atoms with Gasteiger partial charge in [0.15, 0.2) is 0 Å². The summed E-state index contributed by atoms with van der Waals surface area (Å²) >= 11 is 0. The van der Waals surface area contributed by atoms with Gasteiger partial charge in [0, 0.05) is 5.39 Å². The molecule has 0 saturated heterocycles. The molecule has 4 nitrogen and oxygen atoms in total. The average Bonchev–Trinajstić information content (AvgIpc) is 2.78. The zero-order valence-corrected chi connectivity index (χ0v) is 20.3. The number of hydrogen-bond acceptors (Lipinski definition) is 4. The lowest BCUT2D eigenvalue weighted by Crippen LogP contribution is -2.09. The van der Waals surface area contributed by atoms with E-state index < -0.39 is 7.82 Å². The number of benzene rings is 4. The second-order valence-electron chi connectivity index (χ2n) is 8.66. The molecule has 4 aromatic rings. The van der Waals surface area contributed by atoms with Crippen LogP contribution in [0.25, 0.3) is 10.8 Å². The monoisotopic (exact) mass is 460 g/mol. The molecule has 0 N–H and O–H groups in total. The summed E-state index contributed by atoms with van der Waals surface area (Å²) in [6, 6.07) is 26.7. The molecule has 1 atom stereocenters. The minimum atomic E-state index is -4.09. The topological polar surface area (TPSA) is 44.8 Å². The second kappa shape index (κ2) is 9.72. The van der Waals surface area contributed by atoms with Crippen LogP contribution in [0.3, 0.4) is 0 Å². The van der Waals surface area contributed by atoms with Crippen molar-refractivity contribution in [2.75, 3.05) is 0 Å². The summed E-state index contributed by atoms with van der Waals surface area (Å²) in [5.41, 5.74) is 2.90. The van der Waals surface area contributed by atoms with Crippen LogP contribution in [0.15, 0.2) is 84.9 Å². The molecule has 0 aromatic heterocycles. The third-order valence-corrected chi connectivity index (χ3v) is 6.62. The maximum atomic E-state index is 14.1. The molecule has 0 bridgehead atoms. The molecule has 4 aromatic carbocycles. The van der Waals surface area contributed by atoms with Crippen molar-refractivity contribution in [1.82, 2.24) is 0 Å². The summed E-state index contributed by atoms with van der Waals surface area (Å²) in [5, 5.41) is 1.81. The summed E-state index contributed by atoms with van der Waals surface area (Å²) in [4.78, 5) is 0. The van der Waals surface area contributed by atoms with E-state index >= 15 is 0 Å². The molecule has 5 heteroatoms. The van der Waals surface area contributed by atoms with E-state index in [1.165, 1.54) is 5.56 Å². The van der Waals surface area contributed by atoms with Crippen LogP contribution in [-0.4, -0.2) is 0 Å². The minimum absolute atomic E-state index is 0.428. The summed E-state index contributed by atoms with van der Waals surface area (Å²) in [6.45, 7) is 8.17. The molecule has 0 spiro atoms. The lowest BCUT2D eigenvalue weighted by atomic mass is 10.0. The van der Waals surface area contributed by atoms with Crippen LogP contribution in [0.4, 0.5) is 0 Å². The Morgan fingerprint density at radius 2 is 1.36 bits per heavy atom. The van der Waals surface area contributed by atoms with Gasteiger partial charge < -0.3 is 13.6 Å². The Kier molecular flexibility index (Phi) is 6.76. The molecule has 4 rings (SSSR count). The highest BCUT2D eigenvalue weighted by Crippen LogP contribution is 2.52. The number of rotatable bonds is 8. The van der Waals surface area contributed by atoms with Crippen LogP contribution < -0.4 is 13.6 Å². The van der Waals surface area contributed by atoms with Crippen LogP contribution in [0, 0.1) is 19.8 Å². The van der Waals surface area contributed by atoms with E-state index in [1.807, 2.05) is 92.7 Å². The molecular formula is C28H29O4P. The smallest absolute Gasteiger partial charge is 0.386 e. The number of phosphoric ester groups is 1. The van der Waals surface area contributed by atoms with Crippen molar-refractivity contribution in [2.24, 2.45) is 5.92 Å². The Hall–Kier alpha value is -3.23. The molecule has 0 aliphatic carbocycles. The van der Waals surface area contributed by atoms with Crippen LogP contribution in [0.5, 0.6) is 17.2 Å². The van der Waals surface area contributed by atoms with Crippen molar-refractivity contribution < 1.29 is 18.1 Å². The second-order valence-corrected chi connectivity index (χ2v) is 10.1. The minimum Gasteiger partial charge on any atom is -0.386 e. The predicted molar refractivity (Wildman–Crippen MR) is 134 cm³/mol. The summed E-state index contributed by atoms with van der Waals surface area (Å²) < 4.78 is 32.1. The Bertz CT molecular complexity index is 1270. The average molecular weight is 461 g/mol. The number of phosphoric acid groups is 1. The fraction of sp³-hybridized carbons (Fsp3) is 0.214. The highest BCUT2D eigenvalue weighted by Gasteiger charge is 2.35. The normalized spacial score (nSPS) is 13.0. The van der Waals surface area contributed by atoms with Crippen molar-refractivity contribution in [2.45, 2.75) is 34.1 Å². The van der Waals surface area contributed by atoms with Gasteiger partial charge in [-0.1, -0.05) is 80.6 Å². The molecule has 0 amide bonds. The van der Waals surface area contributed by atoms with E-state index in [4.69, 9.17) is 13.6 Å². The van der Waals surface area contributed by atoms with E-state index in [2.05, 4.69) is 13.8 Å². The Morgan fingerprint density at radius 3 is 2.06 bits per heavy atom. The lowest BCUT2D eigenvalue weighted by molar-refractivity contribution is 0.298. The molecule has 0 aliphatic rings. The number of aryl methyl sites for hydroxylation is 2. The first kappa shape index (κ1) is 22.9.